The zero-order valence-electron chi connectivity index (χ0n) is 10.8. The molecule has 0 atom stereocenters. The van der Waals surface area contributed by atoms with Gasteiger partial charge in [0.1, 0.15) is 0 Å². The summed E-state index contributed by atoms with van der Waals surface area (Å²) in [6.45, 7) is 0.892. The number of halogens is 1. The third kappa shape index (κ3) is 4.03. The van der Waals surface area contributed by atoms with Crippen molar-refractivity contribution in [3.05, 3.63) is 59.4 Å². The third-order valence-corrected chi connectivity index (χ3v) is 4.96. The van der Waals surface area contributed by atoms with Crippen molar-refractivity contribution in [2.24, 2.45) is 0 Å². The van der Waals surface area contributed by atoms with Crippen molar-refractivity contribution in [3.8, 4) is 0 Å². The lowest BCUT2D eigenvalue weighted by Gasteiger charge is -2.07. The van der Waals surface area contributed by atoms with Gasteiger partial charge in [-0.05, 0) is 24.3 Å². The Morgan fingerprint density at radius 1 is 1.10 bits per heavy atom. The van der Waals surface area contributed by atoms with Crippen LogP contribution < -0.4 is 5.32 Å². The predicted octanol–water partition coefficient (Wildman–Crippen LogP) is 2.30. The summed E-state index contributed by atoms with van der Waals surface area (Å²) in [6, 6.07) is 12.1. The van der Waals surface area contributed by atoms with Crippen LogP contribution in [0.25, 0.3) is 0 Å². The average molecular weight is 311 g/mol. The number of benzene rings is 1. The molecule has 6 heteroatoms. The van der Waals surface area contributed by atoms with Gasteiger partial charge in [0, 0.05) is 19.3 Å². The number of hydrogen-bond acceptors (Lipinski definition) is 4. The molecule has 0 aliphatic carbocycles. The fourth-order valence-electron chi connectivity index (χ4n) is 1.73. The largest absolute Gasteiger partial charge is 0.310 e. The van der Waals surface area contributed by atoms with Gasteiger partial charge < -0.3 is 5.32 Å². The van der Waals surface area contributed by atoms with Gasteiger partial charge in [-0.15, -0.1) is 0 Å². The van der Waals surface area contributed by atoms with Crippen molar-refractivity contribution in [1.82, 2.24) is 10.3 Å². The van der Waals surface area contributed by atoms with Gasteiger partial charge in [-0.25, -0.2) is 8.42 Å². The number of sulfone groups is 1. The zero-order chi connectivity index (χ0) is 14.4. The Labute approximate surface area is 123 Å². The van der Waals surface area contributed by atoms with E-state index in [1.54, 1.807) is 24.4 Å². The molecule has 0 aliphatic rings. The minimum Gasteiger partial charge on any atom is -0.310 e. The van der Waals surface area contributed by atoms with Gasteiger partial charge in [0.25, 0.3) is 0 Å². The monoisotopic (exact) mass is 310 g/mol. The van der Waals surface area contributed by atoms with Crippen molar-refractivity contribution in [2.75, 3.05) is 12.3 Å². The lowest BCUT2D eigenvalue weighted by Crippen LogP contribution is -2.23. The van der Waals surface area contributed by atoms with Crippen LogP contribution in [-0.2, 0) is 16.4 Å². The lowest BCUT2D eigenvalue weighted by atomic mass is 10.3. The fourth-order valence-corrected chi connectivity index (χ4v) is 3.51. The summed E-state index contributed by atoms with van der Waals surface area (Å²) >= 11 is 5.91. The molecule has 0 bridgehead atoms. The Bertz CT molecular complexity index is 660. The maximum Gasteiger partial charge on any atom is 0.181 e. The summed E-state index contributed by atoms with van der Waals surface area (Å²) in [5.41, 5.74) is 0.877. The molecule has 2 rings (SSSR count). The Kier molecular flexibility index (Phi) is 5.11. The second-order valence-corrected chi connectivity index (χ2v) is 6.73. The van der Waals surface area contributed by atoms with Crippen LogP contribution in [0.3, 0.4) is 0 Å². The molecule has 106 valence electrons. The van der Waals surface area contributed by atoms with Gasteiger partial charge in [0.15, 0.2) is 9.84 Å². The maximum atomic E-state index is 12.1. The van der Waals surface area contributed by atoms with Crippen LogP contribution in [0.5, 0.6) is 0 Å². The molecule has 20 heavy (non-hydrogen) atoms. The van der Waals surface area contributed by atoms with Crippen LogP contribution in [0, 0.1) is 0 Å². The SMILES string of the molecule is O=S(=O)(CCNCc1ccccn1)c1ccccc1Cl. The van der Waals surface area contributed by atoms with Crippen molar-refractivity contribution in [1.29, 1.82) is 0 Å². The maximum absolute atomic E-state index is 12.1. The van der Waals surface area contributed by atoms with Gasteiger partial charge in [0.2, 0.25) is 0 Å². The van der Waals surface area contributed by atoms with E-state index in [0.717, 1.165) is 5.69 Å². The van der Waals surface area contributed by atoms with Gasteiger partial charge in [-0.1, -0.05) is 29.8 Å². The van der Waals surface area contributed by atoms with Gasteiger partial charge in [-0.3, -0.25) is 4.98 Å². The molecule has 1 N–H and O–H groups in total. The highest BCUT2D eigenvalue weighted by molar-refractivity contribution is 7.91. The Hall–Kier alpha value is -1.43. The number of pyridine rings is 1. The van der Waals surface area contributed by atoms with E-state index in [1.807, 2.05) is 18.2 Å². The van der Waals surface area contributed by atoms with Gasteiger partial charge in [-0.2, -0.15) is 0 Å². The lowest BCUT2D eigenvalue weighted by molar-refractivity contribution is 0.590. The zero-order valence-corrected chi connectivity index (χ0v) is 12.4. The molecule has 0 fully saturated rings. The molecule has 0 spiro atoms. The highest BCUT2D eigenvalue weighted by Crippen LogP contribution is 2.21. The molecule has 1 aromatic heterocycles. The van der Waals surface area contributed by atoms with E-state index >= 15 is 0 Å². The van der Waals surface area contributed by atoms with E-state index < -0.39 is 9.84 Å². The number of rotatable bonds is 6. The summed E-state index contributed by atoms with van der Waals surface area (Å²) in [4.78, 5) is 4.33. The van der Waals surface area contributed by atoms with E-state index in [-0.39, 0.29) is 15.7 Å². The van der Waals surface area contributed by atoms with Gasteiger partial charge >= 0.3 is 0 Å². The first-order valence-corrected chi connectivity index (χ1v) is 8.20. The first kappa shape index (κ1) is 15.0. The van der Waals surface area contributed by atoms with E-state index in [2.05, 4.69) is 10.3 Å². The Morgan fingerprint density at radius 3 is 2.55 bits per heavy atom. The predicted molar refractivity (Wildman–Crippen MR) is 79.4 cm³/mol. The molecule has 0 radical (unpaired) electrons. The molecule has 0 unspecified atom stereocenters. The Balaban J connectivity index is 1.89. The molecule has 1 aromatic carbocycles. The summed E-state index contributed by atoms with van der Waals surface area (Å²) in [5.74, 6) is 0.00354. The highest BCUT2D eigenvalue weighted by atomic mass is 35.5. The van der Waals surface area contributed by atoms with Gasteiger partial charge in [0.05, 0.1) is 21.4 Å². The summed E-state index contributed by atoms with van der Waals surface area (Å²) in [6.07, 6.45) is 1.71. The summed E-state index contributed by atoms with van der Waals surface area (Å²) in [5, 5.41) is 3.32. The summed E-state index contributed by atoms with van der Waals surface area (Å²) in [7, 11) is -3.36. The van der Waals surface area contributed by atoms with Crippen molar-refractivity contribution in [3.63, 3.8) is 0 Å². The second-order valence-electron chi connectivity index (χ2n) is 4.25. The van der Waals surface area contributed by atoms with E-state index in [1.165, 1.54) is 6.07 Å². The molecule has 0 saturated heterocycles. The van der Waals surface area contributed by atoms with Crippen LogP contribution in [0.1, 0.15) is 5.69 Å². The van der Waals surface area contributed by atoms with Crippen molar-refractivity contribution >= 4 is 21.4 Å². The van der Waals surface area contributed by atoms with Crippen LogP contribution >= 0.6 is 11.6 Å². The molecule has 2 aromatic rings. The fraction of sp³-hybridized carbons (Fsp3) is 0.214. The first-order chi connectivity index (χ1) is 9.59. The molecule has 1 heterocycles. The molecular weight excluding hydrogens is 296 g/mol. The third-order valence-electron chi connectivity index (χ3n) is 2.75. The Morgan fingerprint density at radius 2 is 1.85 bits per heavy atom. The highest BCUT2D eigenvalue weighted by Gasteiger charge is 2.16. The number of aromatic nitrogens is 1. The number of hydrogen-bond donors (Lipinski definition) is 1. The standard InChI is InChI=1S/C14H15ClN2O2S/c15-13-6-1-2-7-14(13)20(18,19)10-9-16-11-12-5-3-4-8-17-12/h1-8,16H,9-11H2. The number of nitrogens with zero attached hydrogens (tertiary/aromatic N) is 1. The van der Waals surface area contributed by atoms with Crippen LogP contribution in [0.2, 0.25) is 5.02 Å². The topological polar surface area (TPSA) is 59.1 Å². The normalized spacial score (nSPS) is 11.4. The molecule has 0 saturated carbocycles. The van der Waals surface area contributed by atoms with Crippen LogP contribution in [0.4, 0.5) is 0 Å². The van der Waals surface area contributed by atoms with Crippen LogP contribution in [0.15, 0.2) is 53.6 Å². The minimum atomic E-state index is -3.36. The van der Waals surface area contributed by atoms with Crippen LogP contribution in [-0.4, -0.2) is 25.7 Å². The second kappa shape index (κ2) is 6.83. The minimum absolute atomic E-state index is 0.00354. The molecular formula is C14H15ClN2O2S. The quantitative estimate of drug-likeness (QED) is 0.832. The molecule has 4 nitrogen and oxygen atoms in total. The van der Waals surface area contributed by atoms with Crippen molar-refractivity contribution in [2.45, 2.75) is 11.4 Å². The first-order valence-electron chi connectivity index (χ1n) is 6.17. The molecule has 0 amide bonds. The van der Waals surface area contributed by atoms with Crippen molar-refractivity contribution < 1.29 is 8.42 Å². The molecule has 0 aliphatic heterocycles. The van der Waals surface area contributed by atoms with E-state index in [9.17, 15) is 8.42 Å². The van der Waals surface area contributed by atoms with E-state index in [4.69, 9.17) is 11.6 Å². The summed E-state index contributed by atoms with van der Waals surface area (Å²) < 4.78 is 24.2. The smallest absolute Gasteiger partial charge is 0.181 e. The number of nitrogens with one attached hydrogen (secondary N) is 1. The van der Waals surface area contributed by atoms with E-state index in [0.29, 0.717) is 13.1 Å². The average Bonchev–Trinajstić information content (AvgIpc) is 2.45.